The molecule has 106 valence electrons. The number of rotatable bonds is 9. The second-order valence-corrected chi connectivity index (χ2v) is 11.8. The molecule has 1 heteroatoms. The van der Waals surface area contributed by atoms with E-state index in [9.17, 15) is 0 Å². The van der Waals surface area contributed by atoms with Gasteiger partial charge in [0.05, 0.1) is 0 Å². The van der Waals surface area contributed by atoms with Crippen LogP contribution in [-0.4, -0.2) is 25.2 Å². The van der Waals surface area contributed by atoms with Crippen molar-refractivity contribution in [3.05, 3.63) is 0 Å². The van der Waals surface area contributed by atoms with Gasteiger partial charge in [-0.25, -0.2) is 0 Å². The molecule has 0 saturated carbocycles. The molecule has 17 heavy (non-hydrogen) atoms. The number of hydrogen-bond donors (Lipinski definition) is 0. The van der Waals surface area contributed by atoms with Crippen molar-refractivity contribution in [3.63, 3.8) is 0 Å². The molecule has 0 aliphatic carbocycles. The van der Waals surface area contributed by atoms with Crippen LogP contribution < -0.4 is 0 Å². The van der Waals surface area contributed by atoms with Gasteiger partial charge in [0.15, 0.2) is 0 Å². The van der Waals surface area contributed by atoms with Crippen molar-refractivity contribution in [2.45, 2.75) is 60.8 Å². The first-order chi connectivity index (χ1) is 7.86. The van der Waals surface area contributed by atoms with Gasteiger partial charge in [-0.05, 0) is 0 Å². The van der Waals surface area contributed by atoms with Crippen LogP contribution in [-0.2, 0) is 0 Å². The third-order valence-electron chi connectivity index (χ3n) is 4.61. The second-order valence-electron chi connectivity index (χ2n) is 6.96. The van der Waals surface area contributed by atoms with Gasteiger partial charge in [-0.1, -0.05) is 0 Å². The number of hydrogen-bond acceptors (Lipinski definition) is 0. The first-order valence-electron chi connectivity index (χ1n) is 7.86. The second kappa shape index (κ2) is 8.52. The summed E-state index contributed by atoms with van der Waals surface area (Å²) >= 11 is 0. The van der Waals surface area contributed by atoms with E-state index in [0.29, 0.717) is 0 Å². The standard InChI is InChI=1S/C16H37P/c1-8-14(4)11-17(7,12-15(5)9-2)13-16(6)10-3/h14-17H,8-13H2,1-7H3. The van der Waals surface area contributed by atoms with E-state index in [1.807, 2.05) is 0 Å². The van der Waals surface area contributed by atoms with E-state index in [1.54, 1.807) is 18.5 Å². The van der Waals surface area contributed by atoms with E-state index in [4.69, 9.17) is 0 Å². The SMILES string of the molecule is CCC(C)C[PH](C)(CC(C)CC)CC(C)CC. The van der Waals surface area contributed by atoms with E-state index >= 15 is 0 Å². The van der Waals surface area contributed by atoms with Crippen LogP contribution in [0, 0.1) is 17.8 Å². The van der Waals surface area contributed by atoms with Crippen molar-refractivity contribution in [3.8, 4) is 0 Å². The maximum absolute atomic E-state index is 2.68. The Hall–Kier alpha value is 0.430. The van der Waals surface area contributed by atoms with Gasteiger partial charge in [-0.15, -0.1) is 0 Å². The van der Waals surface area contributed by atoms with E-state index in [2.05, 4.69) is 48.2 Å². The normalized spacial score (nSPS) is 18.8. The van der Waals surface area contributed by atoms with Crippen LogP contribution >= 0.6 is 7.26 Å². The maximum atomic E-state index is 2.68. The summed E-state index contributed by atoms with van der Waals surface area (Å²) in [6.45, 7) is 17.1. The van der Waals surface area contributed by atoms with Crippen LogP contribution in [0.5, 0.6) is 0 Å². The van der Waals surface area contributed by atoms with Crippen molar-refractivity contribution < 1.29 is 0 Å². The molecule has 0 heterocycles. The molecule has 0 N–H and O–H groups in total. The third kappa shape index (κ3) is 7.45. The quantitative estimate of drug-likeness (QED) is 0.480. The molecule has 0 spiro atoms. The predicted octanol–water partition coefficient (Wildman–Crippen LogP) is 5.50. The molecule has 0 aromatic heterocycles. The molecule has 0 saturated heterocycles. The molecule has 0 aromatic rings. The Morgan fingerprint density at radius 2 is 0.882 bits per heavy atom. The van der Waals surface area contributed by atoms with Gasteiger partial charge < -0.3 is 0 Å². The van der Waals surface area contributed by atoms with Crippen molar-refractivity contribution in [2.75, 3.05) is 25.2 Å². The molecule has 0 aliphatic rings. The minimum atomic E-state index is -1.00. The predicted molar refractivity (Wildman–Crippen MR) is 87.2 cm³/mol. The van der Waals surface area contributed by atoms with Crippen molar-refractivity contribution >= 4 is 7.26 Å². The first-order valence-corrected chi connectivity index (χ1v) is 11.0. The molecule has 0 aliphatic heterocycles. The van der Waals surface area contributed by atoms with Crippen LogP contribution in [0.15, 0.2) is 0 Å². The fourth-order valence-electron chi connectivity index (χ4n) is 3.21. The van der Waals surface area contributed by atoms with Gasteiger partial charge in [0.25, 0.3) is 0 Å². The Morgan fingerprint density at radius 3 is 1.06 bits per heavy atom. The zero-order valence-corrected chi connectivity index (χ0v) is 14.5. The summed E-state index contributed by atoms with van der Waals surface area (Å²) in [5, 5.41) is 0. The van der Waals surface area contributed by atoms with Crippen molar-refractivity contribution in [1.29, 1.82) is 0 Å². The molecule has 0 amide bonds. The summed E-state index contributed by atoms with van der Waals surface area (Å²) in [5.41, 5.74) is 0. The monoisotopic (exact) mass is 260 g/mol. The summed E-state index contributed by atoms with van der Waals surface area (Å²) in [6.07, 6.45) is 8.76. The van der Waals surface area contributed by atoms with Crippen LogP contribution in [0.1, 0.15) is 60.8 Å². The average molecular weight is 260 g/mol. The van der Waals surface area contributed by atoms with Crippen molar-refractivity contribution in [2.24, 2.45) is 17.8 Å². The molecule has 3 atom stereocenters. The molecular formula is C16H37P. The minimum absolute atomic E-state index is 0.944. The van der Waals surface area contributed by atoms with E-state index in [-0.39, 0.29) is 0 Å². The Morgan fingerprint density at radius 1 is 0.647 bits per heavy atom. The molecule has 0 radical (unpaired) electrons. The van der Waals surface area contributed by atoms with Crippen LogP contribution in [0.2, 0.25) is 0 Å². The molecule has 0 bridgehead atoms. The van der Waals surface area contributed by atoms with Gasteiger partial charge >= 0.3 is 111 Å². The summed E-state index contributed by atoms with van der Waals surface area (Å²) < 4.78 is 0. The first kappa shape index (κ1) is 17.4. The molecule has 0 nitrogen and oxygen atoms in total. The van der Waals surface area contributed by atoms with Gasteiger partial charge in [0.2, 0.25) is 0 Å². The summed E-state index contributed by atoms with van der Waals surface area (Å²) in [5.74, 6) is 2.83. The fraction of sp³-hybridized carbons (Fsp3) is 1.00. The zero-order valence-electron chi connectivity index (χ0n) is 13.5. The Bertz CT molecular complexity index is 157. The average Bonchev–Trinajstić information content (AvgIpc) is 2.27. The van der Waals surface area contributed by atoms with Gasteiger partial charge in [0, 0.05) is 0 Å². The summed E-state index contributed by atoms with van der Waals surface area (Å²) in [7, 11) is -1.00. The van der Waals surface area contributed by atoms with Crippen LogP contribution in [0.3, 0.4) is 0 Å². The Balaban J connectivity index is 4.55. The molecule has 0 aromatic carbocycles. The Kier molecular flexibility index (Phi) is 8.73. The topological polar surface area (TPSA) is 0 Å². The van der Waals surface area contributed by atoms with Crippen LogP contribution in [0.4, 0.5) is 0 Å². The summed E-state index contributed by atoms with van der Waals surface area (Å²) in [6, 6.07) is 0. The summed E-state index contributed by atoms with van der Waals surface area (Å²) in [4.78, 5) is 0. The van der Waals surface area contributed by atoms with Crippen LogP contribution in [0.25, 0.3) is 0 Å². The fourth-order valence-corrected chi connectivity index (χ4v) is 9.62. The van der Waals surface area contributed by atoms with E-state index < -0.39 is 7.26 Å². The Labute approximate surface area is 111 Å². The van der Waals surface area contributed by atoms with Gasteiger partial charge in [0.1, 0.15) is 0 Å². The molecular weight excluding hydrogens is 223 g/mol. The third-order valence-corrected chi connectivity index (χ3v) is 9.66. The van der Waals surface area contributed by atoms with Crippen molar-refractivity contribution in [1.82, 2.24) is 0 Å². The van der Waals surface area contributed by atoms with E-state index in [0.717, 1.165) is 17.8 Å². The van der Waals surface area contributed by atoms with Gasteiger partial charge in [-0.3, -0.25) is 0 Å². The van der Waals surface area contributed by atoms with E-state index in [1.165, 1.54) is 19.3 Å². The molecule has 0 rings (SSSR count). The molecule has 3 unspecified atom stereocenters. The zero-order chi connectivity index (χ0) is 13.5. The van der Waals surface area contributed by atoms with Gasteiger partial charge in [-0.2, -0.15) is 0 Å². The molecule has 0 fully saturated rings.